The standard InChI is InChI=1S/C18H19FN2O/c19-16-6-2-3-7-17(16)20-18(22)14-8-10-15(11-9-14)21-12-4-1-5-13-21/h2-3,6-11H,1,4-5,12-13H2,(H,20,22). The summed E-state index contributed by atoms with van der Waals surface area (Å²) >= 11 is 0. The van der Waals surface area contributed by atoms with Crippen molar-refractivity contribution in [2.45, 2.75) is 19.3 Å². The number of anilines is 2. The Kier molecular flexibility index (Phi) is 4.37. The van der Waals surface area contributed by atoms with Crippen molar-refractivity contribution < 1.29 is 9.18 Å². The van der Waals surface area contributed by atoms with E-state index in [4.69, 9.17) is 0 Å². The summed E-state index contributed by atoms with van der Waals surface area (Å²) in [5, 5.41) is 2.60. The molecule has 1 amide bonds. The van der Waals surface area contributed by atoms with Crippen LogP contribution in [0, 0.1) is 5.82 Å². The van der Waals surface area contributed by atoms with Crippen LogP contribution in [-0.2, 0) is 0 Å². The first-order valence-corrected chi connectivity index (χ1v) is 7.65. The van der Waals surface area contributed by atoms with Crippen molar-refractivity contribution in [2.75, 3.05) is 23.3 Å². The van der Waals surface area contributed by atoms with E-state index in [2.05, 4.69) is 10.2 Å². The summed E-state index contributed by atoms with van der Waals surface area (Å²) in [6.07, 6.45) is 3.73. The zero-order valence-corrected chi connectivity index (χ0v) is 12.4. The van der Waals surface area contributed by atoms with E-state index < -0.39 is 5.82 Å². The summed E-state index contributed by atoms with van der Waals surface area (Å²) in [4.78, 5) is 14.5. The lowest BCUT2D eigenvalue weighted by molar-refractivity contribution is 0.102. The summed E-state index contributed by atoms with van der Waals surface area (Å²) in [5.74, 6) is -0.726. The van der Waals surface area contributed by atoms with Gasteiger partial charge in [0.05, 0.1) is 5.69 Å². The van der Waals surface area contributed by atoms with Crippen LogP contribution in [0.25, 0.3) is 0 Å². The first-order chi connectivity index (χ1) is 10.7. The molecule has 0 saturated carbocycles. The van der Waals surface area contributed by atoms with Crippen molar-refractivity contribution >= 4 is 17.3 Å². The van der Waals surface area contributed by atoms with Crippen LogP contribution in [0.1, 0.15) is 29.6 Å². The van der Waals surface area contributed by atoms with E-state index in [0.717, 1.165) is 18.8 Å². The van der Waals surface area contributed by atoms with Gasteiger partial charge in [-0.15, -0.1) is 0 Å². The topological polar surface area (TPSA) is 32.3 Å². The molecule has 3 nitrogen and oxygen atoms in total. The Hall–Kier alpha value is -2.36. The molecule has 2 aromatic carbocycles. The zero-order valence-electron chi connectivity index (χ0n) is 12.4. The highest BCUT2D eigenvalue weighted by Crippen LogP contribution is 2.21. The van der Waals surface area contributed by atoms with Crippen molar-refractivity contribution in [2.24, 2.45) is 0 Å². The van der Waals surface area contributed by atoms with E-state index in [9.17, 15) is 9.18 Å². The lowest BCUT2D eigenvalue weighted by Gasteiger charge is -2.28. The second-order valence-corrected chi connectivity index (χ2v) is 5.53. The molecule has 0 aromatic heterocycles. The van der Waals surface area contributed by atoms with Crippen LogP contribution in [0.15, 0.2) is 48.5 Å². The number of nitrogens with zero attached hydrogens (tertiary/aromatic N) is 1. The van der Waals surface area contributed by atoms with Crippen LogP contribution >= 0.6 is 0 Å². The van der Waals surface area contributed by atoms with Crippen molar-refractivity contribution in [3.63, 3.8) is 0 Å². The smallest absolute Gasteiger partial charge is 0.255 e. The third-order valence-electron chi connectivity index (χ3n) is 3.97. The number of halogens is 1. The van der Waals surface area contributed by atoms with Gasteiger partial charge in [-0.25, -0.2) is 4.39 Å². The SMILES string of the molecule is O=C(Nc1ccccc1F)c1ccc(N2CCCCC2)cc1. The molecule has 3 rings (SSSR count). The summed E-state index contributed by atoms with van der Waals surface area (Å²) in [7, 11) is 0. The minimum absolute atomic E-state index is 0.201. The number of para-hydroxylation sites is 1. The second-order valence-electron chi connectivity index (χ2n) is 5.53. The average Bonchev–Trinajstić information content (AvgIpc) is 2.58. The maximum atomic E-state index is 13.6. The van der Waals surface area contributed by atoms with E-state index in [1.807, 2.05) is 12.1 Å². The summed E-state index contributed by atoms with van der Waals surface area (Å²) in [6, 6.07) is 13.7. The molecule has 0 radical (unpaired) electrons. The molecule has 0 atom stereocenters. The van der Waals surface area contributed by atoms with Gasteiger partial charge in [-0.2, -0.15) is 0 Å². The minimum atomic E-state index is -0.430. The number of hydrogen-bond acceptors (Lipinski definition) is 2. The van der Waals surface area contributed by atoms with Gasteiger partial charge < -0.3 is 10.2 Å². The minimum Gasteiger partial charge on any atom is -0.372 e. The molecular weight excluding hydrogens is 279 g/mol. The van der Waals surface area contributed by atoms with Crippen LogP contribution < -0.4 is 10.2 Å². The molecule has 1 fully saturated rings. The van der Waals surface area contributed by atoms with E-state index in [1.165, 1.54) is 25.3 Å². The van der Waals surface area contributed by atoms with Crippen LogP contribution in [0.4, 0.5) is 15.8 Å². The van der Waals surface area contributed by atoms with Crippen LogP contribution in [0.2, 0.25) is 0 Å². The first kappa shape index (κ1) is 14.6. The van der Waals surface area contributed by atoms with Crippen LogP contribution in [0.3, 0.4) is 0 Å². The van der Waals surface area contributed by atoms with Gasteiger partial charge in [0.15, 0.2) is 0 Å². The molecule has 22 heavy (non-hydrogen) atoms. The molecule has 0 aliphatic carbocycles. The fourth-order valence-corrected chi connectivity index (χ4v) is 2.73. The Balaban J connectivity index is 1.69. The first-order valence-electron chi connectivity index (χ1n) is 7.65. The number of hydrogen-bond donors (Lipinski definition) is 1. The second kappa shape index (κ2) is 6.60. The third kappa shape index (κ3) is 3.27. The van der Waals surface area contributed by atoms with Gasteiger partial charge in [0.2, 0.25) is 0 Å². The molecule has 1 saturated heterocycles. The lowest BCUT2D eigenvalue weighted by atomic mass is 10.1. The molecule has 0 bridgehead atoms. The maximum absolute atomic E-state index is 13.6. The molecule has 0 spiro atoms. The number of carbonyl (C=O) groups excluding carboxylic acids is 1. The van der Waals surface area contributed by atoms with E-state index in [0.29, 0.717) is 5.56 Å². The van der Waals surface area contributed by atoms with Gasteiger partial charge in [0.1, 0.15) is 5.82 Å². The van der Waals surface area contributed by atoms with Crippen LogP contribution in [-0.4, -0.2) is 19.0 Å². The molecule has 2 aromatic rings. The number of carbonyl (C=O) groups is 1. The zero-order chi connectivity index (χ0) is 15.4. The number of amides is 1. The number of nitrogens with one attached hydrogen (secondary N) is 1. The predicted octanol–water partition coefficient (Wildman–Crippen LogP) is 4.07. The maximum Gasteiger partial charge on any atom is 0.255 e. The molecule has 1 aliphatic heterocycles. The fraction of sp³-hybridized carbons (Fsp3) is 0.278. The Bertz CT molecular complexity index is 648. The van der Waals surface area contributed by atoms with Crippen molar-refractivity contribution in [3.05, 3.63) is 59.9 Å². The molecular formula is C18H19FN2O. The van der Waals surface area contributed by atoms with Gasteiger partial charge in [0.25, 0.3) is 5.91 Å². The molecule has 114 valence electrons. The van der Waals surface area contributed by atoms with Gasteiger partial charge in [-0.05, 0) is 55.7 Å². The molecule has 1 aliphatic rings. The molecule has 1 heterocycles. The van der Waals surface area contributed by atoms with Crippen molar-refractivity contribution in [3.8, 4) is 0 Å². The van der Waals surface area contributed by atoms with Gasteiger partial charge in [-0.1, -0.05) is 12.1 Å². The largest absolute Gasteiger partial charge is 0.372 e. The van der Waals surface area contributed by atoms with E-state index in [-0.39, 0.29) is 11.6 Å². The fourth-order valence-electron chi connectivity index (χ4n) is 2.73. The Morgan fingerprint density at radius 2 is 1.64 bits per heavy atom. The quantitative estimate of drug-likeness (QED) is 0.926. The summed E-state index contributed by atoms with van der Waals surface area (Å²) in [6.45, 7) is 2.14. The summed E-state index contributed by atoms with van der Waals surface area (Å²) in [5.41, 5.74) is 1.87. The van der Waals surface area contributed by atoms with Gasteiger partial charge in [0, 0.05) is 24.3 Å². The summed E-state index contributed by atoms with van der Waals surface area (Å²) < 4.78 is 13.6. The van der Waals surface area contributed by atoms with Gasteiger partial charge >= 0.3 is 0 Å². The third-order valence-corrected chi connectivity index (χ3v) is 3.97. The highest BCUT2D eigenvalue weighted by molar-refractivity contribution is 6.04. The van der Waals surface area contributed by atoms with E-state index >= 15 is 0 Å². The molecule has 0 unspecified atom stereocenters. The normalized spacial score (nSPS) is 14.7. The predicted molar refractivity (Wildman–Crippen MR) is 86.9 cm³/mol. The molecule has 1 N–H and O–H groups in total. The highest BCUT2D eigenvalue weighted by atomic mass is 19.1. The van der Waals surface area contributed by atoms with Gasteiger partial charge in [-0.3, -0.25) is 4.79 Å². The number of piperidine rings is 1. The Labute approximate surface area is 129 Å². The number of benzene rings is 2. The highest BCUT2D eigenvalue weighted by Gasteiger charge is 2.12. The van der Waals surface area contributed by atoms with Crippen molar-refractivity contribution in [1.82, 2.24) is 0 Å². The average molecular weight is 298 g/mol. The van der Waals surface area contributed by atoms with E-state index in [1.54, 1.807) is 30.3 Å². The Morgan fingerprint density at radius 1 is 0.955 bits per heavy atom. The monoisotopic (exact) mass is 298 g/mol. The van der Waals surface area contributed by atoms with Crippen LogP contribution in [0.5, 0.6) is 0 Å². The molecule has 4 heteroatoms. The lowest BCUT2D eigenvalue weighted by Crippen LogP contribution is -2.29. The Morgan fingerprint density at radius 3 is 2.32 bits per heavy atom. The number of rotatable bonds is 3. The van der Waals surface area contributed by atoms with Crippen molar-refractivity contribution in [1.29, 1.82) is 0 Å².